The molecular formula is C18H21BrN2O. The maximum atomic E-state index is 12.1. The van der Waals surface area contributed by atoms with Gasteiger partial charge in [-0.15, -0.1) is 0 Å². The number of rotatable bonds is 6. The van der Waals surface area contributed by atoms with Gasteiger partial charge < -0.3 is 5.32 Å². The standard InChI is InChI=1S/C18H21BrN2O/c1-3-14-5-4-6-17(11-14)20-18(22)13-21(2)12-15-7-9-16(19)10-8-15/h4-11H,3,12-13H2,1-2H3,(H,20,22). The number of likely N-dealkylation sites (N-methyl/N-ethyl adjacent to an activating group) is 1. The Morgan fingerprint density at radius 1 is 1.14 bits per heavy atom. The van der Waals surface area contributed by atoms with Gasteiger partial charge in [-0.1, -0.05) is 47.1 Å². The van der Waals surface area contributed by atoms with Crippen molar-refractivity contribution in [3.63, 3.8) is 0 Å². The minimum absolute atomic E-state index is 0.00728. The molecule has 116 valence electrons. The fraction of sp³-hybridized carbons (Fsp3) is 0.278. The van der Waals surface area contributed by atoms with E-state index in [1.54, 1.807) is 0 Å². The van der Waals surface area contributed by atoms with Gasteiger partial charge >= 0.3 is 0 Å². The molecule has 0 radical (unpaired) electrons. The van der Waals surface area contributed by atoms with Crippen LogP contribution >= 0.6 is 15.9 Å². The van der Waals surface area contributed by atoms with Crippen LogP contribution in [0.25, 0.3) is 0 Å². The third-order valence-electron chi connectivity index (χ3n) is 3.40. The Morgan fingerprint density at radius 2 is 1.86 bits per heavy atom. The lowest BCUT2D eigenvalue weighted by atomic mass is 10.1. The highest BCUT2D eigenvalue weighted by molar-refractivity contribution is 9.10. The summed E-state index contributed by atoms with van der Waals surface area (Å²) in [5, 5.41) is 2.95. The molecule has 0 aromatic heterocycles. The first-order chi connectivity index (χ1) is 10.6. The number of nitrogens with one attached hydrogen (secondary N) is 1. The van der Waals surface area contributed by atoms with E-state index < -0.39 is 0 Å². The van der Waals surface area contributed by atoms with Gasteiger partial charge in [0.1, 0.15) is 0 Å². The van der Waals surface area contributed by atoms with Gasteiger partial charge in [-0.05, 0) is 48.9 Å². The van der Waals surface area contributed by atoms with Crippen molar-refractivity contribution in [2.75, 3.05) is 18.9 Å². The SMILES string of the molecule is CCc1cccc(NC(=O)CN(C)Cc2ccc(Br)cc2)c1. The highest BCUT2D eigenvalue weighted by Crippen LogP contribution is 2.13. The van der Waals surface area contributed by atoms with Gasteiger partial charge in [0.2, 0.25) is 5.91 Å². The second-order valence-corrected chi connectivity index (χ2v) is 6.32. The molecule has 0 aliphatic heterocycles. The predicted molar refractivity (Wildman–Crippen MR) is 94.9 cm³/mol. The largest absolute Gasteiger partial charge is 0.325 e. The third kappa shape index (κ3) is 5.28. The molecule has 0 unspecified atom stereocenters. The maximum absolute atomic E-state index is 12.1. The van der Waals surface area contributed by atoms with E-state index >= 15 is 0 Å². The van der Waals surface area contributed by atoms with Crippen LogP contribution in [0.2, 0.25) is 0 Å². The van der Waals surface area contributed by atoms with Crippen molar-refractivity contribution in [1.82, 2.24) is 4.90 Å². The summed E-state index contributed by atoms with van der Waals surface area (Å²) in [4.78, 5) is 14.1. The van der Waals surface area contributed by atoms with Crippen molar-refractivity contribution in [3.8, 4) is 0 Å². The molecule has 0 atom stereocenters. The molecule has 1 N–H and O–H groups in total. The molecule has 0 saturated carbocycles. The molecule has 2 aromatic carbocycles. The van der Waals surface area contributed by atoms with Crippen LogP contribution in [-0.2, 0) is 17.8 Å². The van der Waals surface area contributed by atoms with Crippen LogP contribution in [0.3, 0.4) is 0 Å². The van der Waals surface area contributed by atoms with Crippen molar-refractivity contribution in [2.24, 2.45) is 0 Å². The van der Waals surface area contributed by atoms with Crippen molar-refractivity contribution in [3.05, 3.63) is 64.1 Å². The van der Waals surface area contributed by atoms with Crippen LogP contribution in [0.5, 0.6) is 0 Å². The smallest absolute Gasteiger partial charge is 0.238 e. The molecule has 2 aromatic rings. The third-order valence-corrected chi connectivity index (χ3v) is 3.93. The molecule has 0 spiro atoms. The summed E-state index contributed by atoms with van der Waals surface area (Å²) in [5.41, 5.74) is 3.27. The van der Waals surface area contributed by atoms with Crippen molar-refractivity contribution in [1.29, 1.82) is 0 Å². The number of carbonyl (C=O) groups is 1. The first-order valence-electron chi connectivity index (χ1n) is 7.38. The van der Waals surface area contributed by atoms with Crippen LogP contribution in [0.15, 0.2) is 53.0 Å². The van der Waals surface area contributed by atoms with Gasteiger partial charge in [0.15, 0.2) is 0 Å². The van der Waals surface area contributed by atoms with E-state index in [0.717, 1.165) is 23.1 Å². The predicted octanol–water partition coefficient (Wildman–Crippen LogP) is 4.08. The van der Waals surface area contributed by atoms with Crippen LogP contribution in [0.1, 0.15) is 18.1 Å². The van der Waals surface area contributed by atoms with E-state index in [4.69, 9.17) is 0 Å². The Morgan fingerprint density at radius 3 is 2.55 bits per heavy atom. The topological polar surface area (TPSA) is 32.3 Å². The van der Waals surface area contributed by atoms with Crippen molar-refractivity contribution >= 4 is 27.5 Å². The number of anilines is 1. The Labute approximate surface area is 140 Å². The quantitative estimate of drug-likeness (QED) is 0.841. The van der Waals surface area contributed by atoms with Crippen LogP contribution in [0.4, 0.5) is 5.69 Å². The summed E-state index contributed by atoms with van der Waals surface area (Å²) in [7, 11) is 1.95. The van der Waals surface area contributed by atoms with E-state index in [2.05, 4.69) is 46.4 Å². The molecule has 0 saturated heterocycles. The molecule has 2 rings (SSSR count). The van der Waals surface area contributed by atoms with Crippen molar-refractivity contribution in [2.45, 2.75) is 19.9 Å². The number of halogens is 1. The molecule has 3 nitrogen and oxygen atoms in total. The number of carbonyl (C=O) groups excluding carboxylic acids is 1. The zero-order valence-corrected chi connectivity index (χ0v) is 14.6. The Balaban J connectivity index is 1.86. The van der Waals surface area contributed by atoms with Gasteiger partial charge in [-0.3, -0.25) is 9.69 Å². The number of amides is 1. The summed E-state index contributed by atoms with van der Waals surface area (Å²) in [6, 6.07) is 16.1. The maximum Gasteiger partial charge on any atom is 0.238 e. The first-order valence-corrected chi connectivity index (χ1v) is 8.18. The van der Waals surface area contributed by atoms with Crippen LogP contribution < -0.4 is 5.32 Å². The normalized spacial score (nSPS) is 10.7. The molecule has 22 heavy (non-hydrogen) atoms. The number of benzene rings is 2. The Hall–Kier alpha value is -1.65. The highest BCUT2D eigenvalue weighted by Gasteiger charge is 2.08. The first kappa shape index (κ1) is 16.7. The lowest BCUT2D eigenvalue weighted by Gasteiger charge is -2.16. The highest BCUT2D eigenvalue weighted by atomic mass is 79.9. The van der Waals surface area contributed by atoms with Crippen molar-refractivity contribution < 1.29 is 4.79 Å². The fourth-order valence-corrected chi connectivity index (χ4v) is 2.54. The van der Waals surface area contributed by atoms with Gasteiger partial charge in [-0.2, -0.15) is 0 Å². The van der Waals surface area contributed by atoms with E-state index in [1.165, 1.54) is 11.1 Å². The monoisotopic (exact) mass is 360 g/mol. The minimum atomic E-state index is 0.00728. The van der Waals surface area contributed by atoms with Gasteiger partial charge in [-0.25, -0.2) is 0 Å². The zero-order chi connectivity index (χ0) is 15.9. The Kier molecular flexibility index (Phi) is 6.16. The number of hydrogen-bond donors (Lipinski definition) is 1. The summed E-state index contributed by atoms with van der Waals surface area (Å²) < 4.78 is 1.06. The number of aryl methyl sites for hydroxylation is 1. The van der Waals surface area contributed by atoms with Gasteiger partial charge in [0, 0.05) is 16.7 Å². The summed E-state index contributed by atoms with van der Waals surface area (Å²) >= 11 is 3.42. The van der Waals surface area contributed by atoms with Gasteiger partial charge in [0.05, 0.1) is 6.54 Å². The summed E-state index contributed by atoms with van der Waals surface area (Å²) in [5.74, 6) is 0.00728. The average molecular weight is 361 g/mol. The average Bonchev–Trinajstić information content (AvgIpc) is 2.49. The lowest BCUT2D eigenvalue weighted by molar-refractivity contribution is -0.117. The summed E-state index contributed by atoms with van der Waals surface area (Å²) in [6.45, 7) is 3.22. The van der Waals surface area contributed by atoms with E-state index in [0.29, 0.717) is 6.54 Å². The lowest BCUT2D eigenvalue weighted by Crippen LogP contribution is -2.29. The molecule has 0 heterocycles. The number of nitrogens with zero attached hydrogens (tertiary/aromatic N) is 1. The molecule has 1 amide bonds. The minimum Gasteiger partial charge on any atom is -0.325 e. The molecular weight excluding hydrogens is 340 g/mol. The molecule has 0 fully saturated rings. The second-order valence-electron chi connectivity index (χ2n) is 5.40. The second kappa shape index (κ2) is 8.11. The number of hydrogen-bond acceptors (Lipinski definition) is 2. The molecule has 0 aliphatic carbocycles. The van der Waals surface area contributed by atoms with Gasteiger partial charge in [0.25, 0.3) is 0 Å². The fourth-order valence-electron chi connectivity index (χ4n) is 2.27. The van der Waals surface area contributed by atoms with E-state index in [-0.39, 0.29) is 5.91 Å². The van der Waals surface area contributed by atoms with Crippen LogP contribution in [0, 0.1) is 0 Å². The van der Waals surface area contributed by atoms with Crippen LogP contribution in [-0.4, -0.2) is 24.4 Å². The molecule has 4 heteroatoms. The van der Waals surface area contributed by atoms with E-state index in [1.807, 2.05) is 42.3 Å². The Bertz CT molecular complexity index is 625. The molecule has 0 bridgehead atoms. The molecule has 0 aliphatic rings. The summed E-state index contributed by atoms with van der Waals surface area (Å²) in [6.07, 6.45) is 0.965. The van der Waals surface area contributed by atoms with E-state index in [9.17, 15) is 4.79 Å². The zero-order valence-electron chi connectivity index (χ0n) is 13.0.